The molecule has 0 radical (unpaired) electrons. The van der Waals surface area contributed by atoms with Crippen molar-refractivity contribution in [3.63, 3.8) is 0 Å². The van der Waals surface area contributed by atoms with Crippen molar-refractivity contribution < 1.29 is 29.2 Å². The lowest BCUT2D eigenvalue weighted by molar-refractivity contribution is -0.384. The number of nitro groups is 1. The van der Waals surface area contributed by atoms with Crippen LogP contribution in [0.2, 0.25) is 0 Å². The predicted molar refractivity (Wildman–Crippen MR) is 87.9 cm³/mol. The van der Waals surface area contributed by atoms with Crippen LogP contribution in [-0.4, -0.2) is 47.0 Å². The minimum atomic E-state index is -0.962. The lowest BCUT2D eigenvalue weighted by atomic mass is 10.0. The molecule has 1 aromatic carbocycles. The summed E-state index contributed by atoms with van der Waals surface area (Å²) < 4.78 is 5.24. The Balaban J connectivity index is 1.76. The van der Waals surface area contributed by atoms with Crippen LogP contribution in [0.4, 0.5) is 11.4 Å². The summed E-state index contributed by atoms with van der Waals surface area (Å²) in [5.74, 6) is -2.36. The van der Waals surface area contributed by atoms with Crippen molar-refractivity contribution in [3.05, 3.63) is 28.3 Å². The van der Waals surface area contributed by atoms with Crippen molar-refractivity contribution in [2.45, 2.75) is 25.3 Å². The van der Waals surface area contributed by atoms with Gasteiger partial charge in [-0.1, -0.05) is 6.42 Å². The molecule has 2 atom stereocenters. The Labute approximate surface area is 147 Å². The Bertz CT molecular complexity index is 779. The SMILES string of the molecule is O=C(CN1C(=O)COc2ccc([N+](=O)[O-])cc21)N[C@H]1CCC[C@H]1C(=O)O. The third kappa shape index (κ3) is 3.44. The molecular formula is C16H17N3O7. The molecule has 2 aliphatic rings. The van der Waals surface area contributed by atoms with Gasteiger partial charge in [-0.05, 0) is 18.9 Å². The first-order valence-corrected chi connectivity index (χ1v) is 8.10. The maximum atomic E-state index is 12.3. The Kier molecular flexibility index (Phi) is 4.74. The van der Waals surface area contributed by atoms with Gasteiger partial charge in [-0.15, -0.1) is 0 Å². The van der Waals surface area contributed by atoms with Crippen LogP contribution in [0.5, 0.6) is 5.75 Å². The summed E-state index contributed by atoms with van der Waals surface area (Å²) in [5.41, 5.74) is -0.0824. The fourth-order valence-electron chi connectivity index (χ4n) is 3.30. The average molecular weight is 363 g/mol. The first-order valence-electron chi connectivity index (χ1n) is 8.10. The van der Waals surface area contributed by atoms with Crippen LogP contribution in [0, 0.1) is 16.0 Å². The first kappa shape index (κ1) is 17.6. The number of hydrogen-bond acceptors (Lipinski definition) is 6. The van der Waals surface area contributed by atoms with Crippen LogP contribution in [0.25, 0.3) is 0 Å². The number of hydrogen-bond donors (Lipinski definition) is 2. The molecule has 0 aromatic heterocycles. The van der Waals surface area contributed by atoms with Gasteiger partial charge in [0, 0.05) is 18.2 Å². The second kappa shape index (κ2) is 6.98. The molecule has 1 aliphatic heterocycles. The summed E-state index contributed by atoms with van der Waals surface area (Å²) in [6.45, 7) is -0.640. The number of aliphatic carboxylic acids is 1. The molecule has 1 aromatic rings. The van der Waals surface area contributed by atoms with Gasteiger partial charge in [-0.2, -0.15) is 0 Å². The summed E-state index contributed by atoms with van der Waals surface area (Å²) in [6, 6.07) is 3.32. The molecule has 138 valence electrons. The second-order valence-electron chi connectivity index (χ2n) is 6.23. The normalized spacial score (nSPS) is 21.7. The predicted octanol–water partition coefficient (Wildman–Crippen LogP) is 0.690. The van der Waals surface area contributed by atoms with Gasteiger partial charge < -0.3 is 15.2 Å². The standard InChI is InChI=1S/C16H17N3O7/c20-14(17-11-3-1-2-10(11)16(22)23)7-18-12-6-9(19(24)25)4-5-13(12)26-8-15(18)21/h4-6,10-11H,1-3,7-8H2,(H,17,20)(H,22,23)/t10-,11+/m1/s1. The molecule has 1 aliphatic carbocycles. The van der Waals surface area contributed by atoms with Gasteiger partial charge in [0.15, 0.2) is 6.61 Å². The highest BCUT2D eigenvalue weighted by Gasteiger charge is 2.35. The van der Waals surface area contributed by atoms with Gasteiger partial charge in [0.1, 0.15) is 12.3 Å². The fourth-order valence-corrected chi connectivity index (χ4v) is 3.30. The number of anilines is 1. The van der Waals surface area contributed by atoms with E-state index < -0.39 is 34.7 Å². The van der Waals surface area contributed by atoms with Gasteiger partial charge in [0.2, 0.25) is 5.91 Å². The van der Waals surface area contributed by atoms with E-state index in [1.807, 2.05) is 0 Å². The minimum absolute atomic E-state index is 0.145. The van der Waals surface area contributed by atoms with E-state index in [0.29, 0.717) is 19.3 Å². The zero-order valence-electron chi connectivity index (χ0n) is 13.7. The molecular weight excluding hydrogens is 346 g/mol. The van der Waals surface area contributed by atoms with Crippen LogP contribution in [0.3, 0.4) is 0 Å². The largest absolute Gasteiger partial charge is 0.482 e. The Hall–Kier alpha value is -3.17. The number of nitrogens with one attached hydrogen (secondary N) is 1. The molecule has 3 rings (SSSR count). The first-order chi connectivity index (χ1) is 12.4. The lowest BCUT2D eigenvalue weighted by Gasteiger charge is -2.29. The molecule has 2 amide bonds. The smallest absolute Gasteiger partial charge is 0.308 e. The van der Waals surface area contributed by atoms with Crippen molar-refractivity contribution in [2.24, 2.45) is 5.92 Å². The molecule has 1 heterocycles. The number of nitrogens with zero attached hydrogens (tertiary/aromatic N) is 2. The Morgan fingerprint density at radius 2 is 2.15 bits per heavy atom. The molecule has 10 nitrogen and oxygen atoms in total. The summed E-state index contributed by atoms with van der Waals surface area (Å²) >= 11 is 0. The molecule has 26 heavy (non-hydrogen) atoms. The third-order valence-corrected chi connectivity index (χ3v) is 4.58. The molecule has 1 saturated carbocycles. The monoisotopic (exact) mass is 363 g/mol. The topological polar surface area (TPSA) is 139 Å². The van der Waals surface area contributed by atoms with Crippen LogP contribution < -0.4 is 15.0 Å². The van der Waals surface area contributed by atoms with Crippen LogP contribution in [-0.2, 0) is 14.4 Å². The van der Waals surface area contributed by atoms with Crippen LogP contribution in [0.15, 0.2) is 18.2 Å². The van der Waals surface area contributed by atoms with E-state index in [9.17, 15) is 29.6 Å². The molecule has 0 spiro atoms. The van der Waals surface area contributed by atoms with Gasteiger partial charge >= 0.3 is 5.97 Å². The van der Waals surface area contributed by atoms with E-state index in [2.05, 4.69) is 5.32 Å². The van der Waals surface area contributed by atoms with E-state index in [4.69, 9.17) is 4.74 Å². The van der Waals surface area contributed by atoms with Gasteiger partial charge in [0.25, 0.3) is 11.6 Å². The number of carboxylic acid groups (broad SMARTS) is 1. The molecule has 2 N–H and O–H groups in total. The molecule has 0 unspecified atom stereocenters. The van der Waals surface area contributed by atoms with Gasteiger partial charge in [0.05, 0.1) is 16.5 Å². The minimum Gasteiger partial charge on any atom is -0.482 e. The lowest BCUT2D eigenvalue weighted by Crippen LogP contribution is -2.48. The number of non-ortho nitro benzene ring substituents is 1. The number of amides is 2. The summed E-state index contributed by atoms with van der Waals surface area (Å²) in [4.78, 5) is 47.1. The van der Waals surface area contributed by atoms with E-state index >= 15 is 0 Å². The average Bonchev–Trinajstić information content (AvgIpc) is 3.05. The second-order valence-corrected chi connectivity index (χ2v) is 6.23. The number of fused-ring (bicyclic) bond motifs is 1. The van der Waals surface area contributed by atoms with Crippen molar-refractivity contribution in [1.82, 2.24) is 5.32 Å². The quantitative estimate of drug-likeness (QED) is 0.579. The van der Waals surface area contributed by atoms with Gasteiger partial charge in [-0.3, -0.25) is 29.4 Å². The number of ether oxygens (including phenoxy) is 1. The number of rotatable bonds is 5. The molecule has 0 saturated heterocycles. The maximum Gasteiger partial charge on any atom is 0.308 e. The molecule has 1 fully saturated rings. The Morgan fingerprint density at radius 1 is 1.38 bits per heavy atom. The highest BCUT2D eigenvalue weighted by Crippen LogP contribution is 2.35. The number of carboxylic acids is 1. The number of carbonyl (C=O) groups excluding carboxylic acids is 2. The van der Waals surface area contributed by atoms with E-state index in [0.717, 1.165) is 4.90 Å². The van der Waals surface area contributed by atoms with E-state index in [1.165, 1.54) is 18.2 Å². The van der Waals surface area contributed by atoms with Crippen LogP contribution in [0.1, 0.15) is 19.3 Å². The maximum absolute atomic E-state index is 12.3. The molecule has 0 bridgehead atoms. The van der Waals surface area contributed by atoms with E-state index in [-0.39, 0.29) is 30.3 Å². The van der Waals surface area contributed by atoms with Gasteiger partial charge in [-0.25, -0.2) is 0 Å². The van der Waals surface area contributed by atoms with Crippen molar-refractivity contribution in [3.8, 4) is 5.75 Å². The summed E-state index contributed by atoms with van der Waals surface area (Å²) in [7, 11) is 0. The summed E-state index contributed by atoms with van der Waals surface area (Å²) in [5, 5.41) is 22.8. The molecule has 10 heteroatoms. The fraction of sp³-hybridized carbons (Fsp3) is 0.438. The van der Waals surface area contributed by atoms with Crippen LogP contribution >= 0.6 is 0 Å². The zero-order valence-corrected chi connectivity index (χ0v) is 13.7. The van der Waals surface area contributed by atoms with Crippen molar-refractivity contribution in [1.29, 1.82) is 0 Å². The highest BCUT2D eigenvalue weighted by atomic mass is 16.6. The zero-order chi connectivity index (χ0) is 18.8. The third-order valence-electron chi connectivity index (χ3n) is 4.58. The Morgan fingerprint density at radius 3 is 2.85 bits per heavy atom. The number of nitro benzene ring substituents is 1. The van der Waals surface area contributed by atoms with Crippen molar-refractivity contribution in [2.75, 3.05) is 18.1 Å². The van der Waals surface area contributed by atoms with Crippen molar-refractivity contribution >= 4 is 29.2 Å². The number of benzene rings is 1. The van der Waals surface area contributed by atoms with E-state index in [1.54, 1.807) is 0 Å². The summed E-state index contributed by atoms with van der Waals surface area (Å²) in [6.07, 6.45) is 1.75. The number of carbonyl (C=O) groups is 3. The highest BCUT2D eigenvalue weighted by molar-refractivity contribution is 6.02.